The molecular formula is C11H6Cl2IN3O2. The van der Waals surface area contributed by atoms with E-state index >= 15 is 0 Å². The molecule has 0 bridgehead atoms. The van der Waals surface area contributed by atoms with E-state index in [-0.39, 0.29) is 11.6 Å². The zero-order chi connectivity index (χ0) is 14.2. The van der Waals surface area contributed by atoms with Crippen molar-refractivity contribution < 1.29 is 9.90 Å². The molecule has 19 heavy (non-hydrogen) atoms. The fourth-order valence-corrected chi connectivity index (χ4v) is 2.84. The zero-order valence-corrected chi connectivity index (χ0v) is 12.9. The molecule has 1 aromatic carbocycles. The average molecular weight is 410 g/mol. The SMILES string of the molecule is N#CCN(C(=O)O)c1cc(Cl)c(Cl)c2[nH]cc(I)c12. The number of amides is 1. The van der Waals surface area contributed by atoms with Crippen molar-refractivity contribution in [1.82, 2.24) is 4.98 Å². The Morgan fingerprint density at radius 1 is 1.58 bits per heavy atom. The van der Waals surface area contributed by atoms with Crippen LogP contribution in [0.1, 0.15) is 0 Å². The Morgan fingerprint density at radius 2 is 2.26 bits per heavy atom. The highest BCUT2D eigenvalue weighted by molar-refractivity contribution is 14.1. The lowest BCUT2D eigenvalue weighted by molar-refractivity contribution is 0.202. The molecule has 0 radical (unpaired) electrons. The van der Waals surface area contributed by atoms with Crippen LogP contribution in [0.4, 0.5) is 10.5 Å². The molecule has 0 aliphatic rings. The summed E-state index contributed by atoms with van der Waals surface area (Å²) < 4.78 is 0.797. The second-order valence-electron chi connectivity index (χ2n) is 3.60. The van der Waals surface area contributed by atoms with Crippen molar-refractivity contribution in [2.75, 3.05) is 11.4 Å². The molecule has 1 heterocycles. The third-order valence-corrected chi connectivity index (χ3v) is 4.17. The summed E-state index contributed by atoms with van der Waals surface area (Å²) in [6.07, 6.45) is 0.474. The monoisotopic (exact) mass is 409 g/mol. The molecule has 8 heteroatoms. The van der Waals surface area contributed by atoms with Crippen molar-refractivity contribution >= 4 is 68.5 Å². The number of fused-ring (bicyclic) bond motifs is 1. The lowest BCUT2D eigenvalue weighted by Gasteiger charge is -2.18. The zero-order valence-electron chi connectivity index (χ0n) is 9.25. The van der Waals surface area contributed by atoms with Gasteiger partial charge in [0.15, 0.2) is 0 Å². The normalized spacial score (nSPS) is 10.4. The van der Waals surface area contributed by atoms with Crippen molar-refractivity contribution in [3.8, 4) is 6.07 Å². The van der Waals surface area contributed by atoms with E-state index in [0.717, 1.165) is 8.47 Å². The molecule has 0 fully saturated rings. The Hall–Kier alpha value is -1.17. The summed E-state index contributed by atoms with van der Waals surface area (Å²) in [5, 5.41) is 19.1. The Balaban J connectivity index is 2.79. The fourth-order valence-electron chi connectivity index (χ4n) is 1.74. The van der Waals surface area contributed by atoms with E-state index in [4.69, 9.17) is 28.5 Å². The number of carbonyl (C=O) groups is 1. The van der Waals surface area contributed by atoms with Gasteiger partial charge < -0.3 is 10.1 Å². The van der Waals surface area contributed by atoms with Gasteiger partial charge in [-0.25, -0.2) is 4.79 Å². The number of H-pyrrole nitrogens is 1. The summed E-state index contributed by atoms with van der Waals surface area (Å²) in [4.78, 5) is 15.1. The predicted octanol–water partition coefficient (Wildman–Crippen LogP) is 4.09. The van der Waals surface area contributed by atoms with Crippen molar-refractivity contribution in [2.24, 2.45) is 0 Å². The molecule has 0 aliphatic heterocycles. The second-order valence-corrected chi connectivity index (χ2v) is 5.55. The van der Waals surface area contributed by atoms with E-state index in [1.54, 1.807) is 6.20 Å². The average Bonchev–Trinajstić information content (AvgIpc) is 2.73. The maximum absolute atomic E-state index is 11.2. The number of hydrogen-bond acceptors (Lipinski definition) is 2. The van der Waals surface area contributed by atoms with Gasteiger partial charge in [-0.1, -0.05) is 23.2 Å². The lowest BCUT2D eigenvalue weighted by atomic mass is 10.2. The maximum Gasteiger partial charge on any atom is 0.412 e. The van der Waals surface area contributed by atoms with Gasteiger partial charge in [0.1, 0.15) is 6.54 Å². The van der Waals surface area contributed by atoms with Crippen LogP contribution < -0.4 is 4.90 Å². The number of aromatic amines is 1. The molecule has 2 N–H and O–H groups in total. The standard InChI is InChI=1S/C11H6Cl2IN3O2/c12-5-3-7(17(2-1-15)11(18)19)8-6(14)4-16-10(8)9(5)13/h3-4,16H,2H2,(H,18,19). The molecule has 0 saturated carbocycles. The van der Waals surface area contributed by atoms with E-state index in [0.29, 0.717) is 21.6 Å². The third kappa shape index (κ3) is 2.45. The third-order valence-electron chi connectivity index (χ3n) is 2.53. The van der Waals surface area contributed by atoms with E-state index in [1.165, 1.54) is 6.07 Å². The summed E-state index contributed by atoms with van der Waals surface area (Å²) >= 11 is 14.1. The maximum atomic E-state index is 11.2. The van der Waals surface area contributed by atoms with Crippen LogP contribution in [-0.4, -0.2) is 22.7 Å². The number of aromatic nitrogens is 1. The van der Waals surface area contributed by atoms with Gasteiger partial charge in [-0.15, -0.1) is 0 Å². The summed E-state index contributed by atoms with van der Waals surface area (Å²) in [6, 6.07) is 3.27. The lowest BCUT2D eigenvalue weighted by Crippen LogP contribution is -2.29. The molecule has 0 unspecified atom stereocenters. The fraction of sp³-hybridized carbons (Fsp3) is 0.0909. The predicted molar refractivity (Wildman–Crippen MR) is 82.0 cm³/mol. The Bertz CT molecular complexity index is 708. The summed E-state index contributed by atoms with van der Waals surface area (Å²) in [7, 11) is 0. The van der Waals surface area contributed by atoms with Gasteiger partial charge in [-0.05, 0) is 28.7 Å². The van der Waals surface area contributed by atoms with Crippen molar-refractivity contribution in [3.63, 3.8) is 0 Å². The second kappa shape index (κ2) is 5.45. The van der Waals surface area contributed by atoms with Gasteiger partial charge in [0, 0.05) is 15.2 Å². The van der Waals surface area contributed by atoms with Crippen LogP contribution in [0.25, 0.3) is 10.9 Å². The number of nitrogens with zero attached hydrogens (tertiary/aromatic N) is 2. The molecule has 0 saturated heterocycles. The minimum Gasteiger partial charge on any atom is -0.465 e. The molecule has 2 rings (SSSR count). The van der Waals surface area contributed by atoms with Crippen molar-refractivity contribution in [1.29, 1.82) is 5.26 Å². The minimum absolute atomic E-state index is 0.228. The summed E-state index contributed by atoms with van der Waals surface area (Å²) in [6.45, 7) is -0.288. The molecule has 1 amide bonds. The molecule has 0 spiro atoms. The number of hydrogen-bond donors (Lipinski definition) is 2. The topological polar surface area (TPSA) is 80.1 Å². The Labute approximate surface area is 131 Å². The van der Waals surface area contributed by atoms with Crippen LogP contribution in [0.15, 0.2) is 12.3 Å². The quantitative estimate of drug-likeness (QED) is 0.579. The van der Waals surface area contributed by atoms with Crippen LogP contribution in [0.5, 0.6) is 0 Å². The number of carboxylic acid groups (broad SMARTS) is 1. The molecule has 98 valence electrons. The number of rotatable bonds is 2. The van der Waals surface area contributed by atoms with Crippen LogP contribution >= 0.6 is 45.8 Å². The van der Waals surface area contributed by atoms with Crippen LogP contribution in [0.3, 0.4) is 0 Å². The molecule has 1 aromatic heterocycles. The van der Waals surface area contributed by atoms with Crippen molar-refractivity contribution in [3.05, 3.63) is 25.9 Å². The molecule has 2 aromatic rings. The first-order valence-electron chi connectivity index (χ1n) is 4.99. The van der Waals surface area contributed by atoms with E-state index in [9.17, 15) is 9.90 Å². The number of anilines is 1. The number of nitriles is 1. The smallest absolute Gasteiger partial charge is 0.412 e. The van der Waals surface area contributed by atoms with Gasteiger partial charge >= 0.3 is 6.09 Å². The van der Waals surface area contributed by atoms with Gasteiger partial charge in [0.05, 0.1) is 27.3 Å². The molecule has 0 atom stereocenters. The van der Waals surface area contributed by atoms with Crippen LogP contribution in [0, 0.1) is 14.9 Å². The highest BCUT2D eigenvalue weighted by atomic mass is 127. The Morgan fingerprint density at radius 3 is 2.84 bits per heavy atom. The largest absolute Gasteiger partial charge is 0.465 e. The minimum atomic E-state index is -1.22. The first-order valence-corrected chi connectivity index (χ1v) is 6.82. The van der Waals surface area contributed by atoms with E-state index in [1.807, 2.05) is 6.07 Å². The van der Waals surface area contributed by atoms with Crippen molar-refractivity contribution in [2.45, 2.75) is 0 Å². The molecule has 0 aliphatic carbocycles. The highest BCUT2D eigenvalue weighted by Gasteiger charge is 2.22. The summed E-state index contributed by atoms with van der Waals surface area (Å²) in [5.41, 5.74) is 0.891. The van der Waals surface area contributed by atoms with Gasteiger partial charge in [0.25, 0.3) is 0 Å². The first kappa shape index (κ1) is 14.2. The number of benzene rings is 1. The summed E-state index contributed by atoms with van der Waals surface area (Å²) in [5.74, 6) is 0. The van der Waals surface area contributed by atoms with Crippen LogP contribution in [0.2, 0.25) is 10.0 Å². The first-order chi connectivity index (χ1) is 8.97. The van der Waals surface area contributed by atoms with E-state index in [2.05, 4.69) is 27.6 Å². The molecular weight excluding hydrogens is 404 g/mol. The van der Waals surface area contributed by atoms with Gasteiger partial charge in [-0.3, -0.25) is 4.90 Å². The molecule has 5 nitrogen and oxygen atoms in total. The van der Waals surface area contributed by atoms with Gasteiger partial charge in [0.2, 0.25) is 0 Å². The highest BCUT2D eigenvalue weighted by Crippen LogP contribution is 2.39. The van der Waals surface area contributed by atoms with E-state index < -0.39 is 6.09 Å². The number of nitrogens with one attached hydrogen (secondary N) is 1. The number of halogens is 3. The Kier molecular flexibility index (Phi) is 4.08. The van der Waals surface area contributed by atoms with Crippen LogP contribution in [-0.2, 0) is 0 Å². The van der Waals surface area contributed by atoms with Gasteiger partial charge in [-0.2, -0.15) is 5.26 Å².